The number of aliphatic carboxylic acids is 1. The van der Waals surface area contributed by atoms with Crippen molar-refractivity contribution in [3.63, 3.8) is 0 Å². The molecule has 1 aromatic carbocycles. The third-order valence-corrected chi connectivity index (χ3v) is 4.77. The lowest BCUT2D eigenvalue weighted by molar-refractivity contribution is -0.144. The number of nitrogens with zero attached hydrogens (tertiary/aromatic N) is 2. The first kappa shape index (κ1) is 19.5. The van der Waals surface area contributed by atoms with Crippen molar-refractivity contribution in [1.82, 2.24) is 14.8 Å². The predicted molar refractivity (Wildman–Crippen MR) is 103 cm³/mol. The van der Waals surface area contributed by atoms with Crippen molar-refractivity contribution in [3.05, 3.63) is 35.0 Å². The Labute approximate surface area is 162 Å². The van der Waals surface area contributed by atoms with Gasteiger partial charge in [-0.05, 0) is 32.9 Å². The van der Waals surface area contributed by atoms with Crippen LogP contribution < -0.4 is 0 Å². The maximum absolute atomic E-state index is 12.2. The first-order valence-electron chi connectivity index (χ1n) is 8.87. The van der Waals surface area contributed by atoms with Crippen molar-refractivity contribution in [2.45, 2.75) is 32.4 Å². The molecular weight excluding hydrogens is 370 g/mol. The van der Waals surface area contributed by atoms with Crippen molar-refractivity contribution < 1.29 is 19.4 Å². The maximum Gasteiger partial charge on any atom is 0.410 e. The van der Waals surface area contributed by atoms with Gasteiger partial charge in [-0.2, -0.15) is 0 Å². The molecule has 1 fully saturated rings. The highest BCUT2D eigenvalue weighted by Gasteiger charge is 2.34. The molecule has 0 unspecified atom stereocenters. The van der Waals surface area contributed by atoms with Gasteiger partial charge in [0.1, 0.15) is 11.6 Å². The average molecular weight is 394 g/mol. The van der Waals surface area contributed by atoms with Gasteiger partial charge in [-0.25, -0.2) is 4.79 Å². The smallest absolute Gasteiger partial charge is 0.410 e. The van der Waals surface area contributed by atoms with E-state index in [1.807, 2.05) is 31.7 Å². The van der Waals surface area contributed by atoms with Gasteiger partial charge in [-0.1, -0.05) is 17.7 Å². The van der Waals surface area contributed by atoms with Crippen molar-refractivity contribution in [2.75, 3.05) is 26.2 Å². The van der Waals surface area contributed by atoms with Crippen LogP contribution in [-0.2, 0) is 9.53 Å². The van der Waals surface area contributed by atoms with E-state index in [-0.39, 0.29) is 6.09 Å². The zero-order valence-electron chi connectivity index (χ0n) is 15.7. The quantitative estimate of drug-likeness (QED) is 0.833. The van der Waals surface area contributed by atoms with E-state index >= 15 is 0 Å². The minimum absolute atomic E-state index is 0.365. The number of carboxylic acid groups (broad SMARTS) is 1. The summed E-state index contributed by atoms with van der Waals surface area (Å²) in [4.78, 5) is 30.8. The topological polar surface area (TPSA) is 85.9 Å². The number of nitrogens with one attached hydrogen (secondary N) is 1. The van der Waals surface area contributed by atoms with Gasteiger partial charge < -0.3 is 19.7 Å². The van der Waals surface area contributed by atoms with Gasteiger partial charge in [0.25, 0.3) is 0 Å². The first-order valence-corrected chi connectivity index (χ1v) is 9.25. The fourth-order valence-corrected chi connectivity index (χ4v) is 3.49. The summed E-state index contributed by atoms with van der Waals surface area (Å²) in [5.74, 6) is -0.920. The highest BCUT2D eigenvalue weighted by atomic mass is 35.5. The maximum atomic E-state index is 12.2. The van der Waals surface area contributed by atoms with E-state index in [0.29, 0.717) is 36.8 Å². The van der Waals surface area contributed by atoms with Gasteiger partial charge in [-0.3, -0.25) is 9.69 Å². The fourth-order valence-electron chi connectivity index (χ4n) is 3.32. The number of aromatic nitrogens is 1. The van der Waals surface area contributed by atoms with Crippen LogP contribution in [0.25, 0.3) is 10.9 Å². The van der Waals surface area contributed by atoms with Crippen molar-refractivity contribution in [1.29, 1.82) is 0 Å². The van der Waals surface area contributed by atoms with Crippen LogP contribution in [-0.4, -0.2) is 63.7 Å². The molecule has 1 amide bonds. The third kappa shape index (κ3) is 4.36. The average Bonchev–Trinajstić information content (AvgIpc) is 2.96. The fraction of sp³-hybridized carbons (Fsp3) is 0.474. The number of rotatable bonds is 3. The molecule has 1 aromatic heterocycles. The number of hydrogen-bond donors (Lipinski definition) is 2. The normalized spacial score (nSPS) is 17.1. The van der Waals surface area contributed by atoms with Crippen molar-refractivity contribution in [3.8, 4) is 0 Å². The molecule has 2 heterocycles. The van der Waals surface area contributed by atoms with Crippen LogP contribution in [0.5, 0.6) is 0 Å². The predicted octanol–water partition coefficient (Wildman–Crippen LogP) is 3.50. The Bertz CT molecular complexity index is 850. The van der Waals surface area contributed by atoms with Crippen molar-refractivity contribution in [2.24, 2.45) is 0 Å². The monoisotopic (exact) mass is 393 g/mol. The summed E-state index contributed by atoms with van der Waals surface area (Å²) in [5, 5.41) is 11.3. The molecule has 1 saturated heterocycles. The highest BCUT2D eigenvalue weighted by Crippen LogP contribution is 2.31. The van der Waals surface area contributed by atoms with E-state index in [0.717, 1.165) is 10.9 Å². The molecule has 2 aromatic rings. The second-order valence-corrected chi connectivity index (χ2v) is 8.11. The standard InChI is InChI=1S/C19H24ClN3O4/c1-19(2,3)27-18(26)23-8-6-22(7-9-23)16(17(24)25)14-11-21-15-10-12(20)4-5-13(14)15/h4-5,10-11,16,21H,6-9H2,1-3H3,(H,24,25)/t16-/m0/s1. The van der Waals surface area contributed by atoms with E-state index in [9.17, 15) is 14.7 Å². The van der Waals surface area contributed by atoms with Crippen molar-refractivity contribution >= 4 is 34.6 Å². The van der Waals surface area contributed by atoms with Crippen LogP contribution in [0, 0.1) is 0 Å². The number of aromatic amines is 1. The van der Waals surface area contributed by atoms with Gasteiger partial charge in [0.15, 0.2) is 0 Å². The zero-order chi connectivity index (χ0) is 19.8. The molecular formula is C19H24ClN3O4. The number of benzene rings is 1. The van der Waals surface area contributed by atoms with E-state index in [1.165, 1.54) is 0 Å². The molecule has 1 atom stereocenters. The van der Waals surface area contributed by atoms with Crippen LogP contribution in [0.3, 0.4) is 0 Å². The van der Waals surface area contributed by atoms with Gasteiger partial charge in [0.05, 0.1) is 0 Å². The number of carboxylic acids is 1. The molecule has 0 bridgehead atoms. The lowest BCUT2D eigenvalue weighted by atomic mass is 10.0. The zero-order valence-corrected chi connectivity index (χ0v) is 16.4. The summed E-state index contributed by atoms with van der Waals surface area (Å²) in [6, 6.07) is 4.57. The highest BCUT2D eigenvalue weighted by molar-refractivity contribution is 6.31. The first-order chi connectivity index (χ1) is 12.7. The number of carbonyl (C=O) groups is 2. The Morgan fingerprint density at radius 3 is 2.48 bits per heavy atom. The number of amides is 1. The number of carbonyl (C=O) groups excluding carboxylic acids is 1. The number of hydrogen-bond acceptors (Lipinski definition) is 4. The summed E-state index contributed by atoms with van der Waals surface area (Å²) in [6.07, 6.45) is 1.36. The SMILES string of the molecule is CC(C)(C)OC(=O)N1CCN([C@H](C(=O)O)c2c[nH]c3cc(Cl)ccc23)CC1. The second kappa shape index (κ2) is 7.40. The van der Waals surface area contributed by atoms with Crippen LogP contribution in [0.4, 0.5) is 4.79 Å². The summed E-state index contributed by atoms with van der Waals surface area (Å²) in [6.45, 7) is 7.23. The van der Waals surface area contributed by atoms with Crippen LogP contribution in [0.2, 0.25) is 5.02 Å². The number of piperazine rings is 1. The minimum atomic E-state index is -0.920. The third-order valence-electron chi connectivity index (χ3n) is 4.54. The number of ether oxygens (including phenoxy) is 1. The van der Waals surface area contributed by atoms with E-state index in [1.54, 1.807) is 23.2 Å². The van der Waals surface area contributed by atoms with Crippen LogP contribution >= 0.6 is 11.6 Å². The van der Waals surface area contributed by atoms with Gasteiger partial charge in [0.2, 0.25) is 0 Å². The summed E-state index contributed by atoms with van der Waals surface area (Å²) in [7, 11) is 0. The molecule has 0 radical (unpaired) electrons. The molecule has 146 valence electrons. The van der Waals surface area contributed by atoms with E-state index in [4.69, 9.17) is 16.3 Å². The number of fused-ring (bicyclic) bond motifs is 1. The van der Waals surface area contributed by atoms with E-state index in [2.05, 4.69) is 4.98 Å². The Morgan fingerprint density at radius 1 is 1.22 bits per heavy atom. The summed E-state index contributed by atoms with van der Waals surface area (Å²) < 4.78 is 5.40. The molecule has 27 heavy (non-hydrogen) atoms. The molecule has 0 aliphatic carbocycles. The Balaban J connectivity index is 1.76. The summed E-state index contributed by atoms with van der Waals surface area (Å²) >= 11 is 6.01. The molecule has 1 aliphatic rings. The van der Waals surface area contributed by atoms with Gasteiger partial charge in [-0.15, -0.1) is 0 Å². The lowest BCUT2D eigenvalue weighted by Crippen LogP contribution is -2.51. The molecule has 7 nitrogen and oxygen atoms in total. The molecule has 3 rings (SSSR count). The summed E-state index contributed by atoms with van der Waals surface area (Å²) in [5.41, 5.74) is 0.944. The van der Waals surface area contributed by atoms with Crippen LogP contribution in [0.1, 0.15) is 32.4 Å². The largest absolute Gasteiger partial charge is 0.480 e. The van der Waals surface area contributed by atoms with Gasteiger partial charge in [0, 0.05) is 53.9 Å². The Kier molecular flexibility index (Phi) is 5.35. The molecule has 0 saturated carbocycles. The van der Waals surface area contributed by atoms with Gasteiger partial charge >= 0.3 is 12.1 Å². The minimum Gasteiger partial charge on any atom is -0.480 e. The Hall–Kier alpha value is -2.25. The Morgan fingerprint density at radius 2 is 1.89 bits per heavy atom. The molecule has 1 aliphatic heterocycles. The lowest BCUT2D eigenvalue weighted by Gasteiger charge is -2.38. The van der Waals surface area contributed by atoms with Crippen LogP contribution in [0.15, 0.2) is 24.4 Å². The number of halogens is 1. The molecule has 8 heteroatoms. The number of H-pyrrole nitrogens is 1. The second-order valence-electron chi connectivity index (χ2n) is 7.68. The van der Waals surface area contributed by atoms with E-state index < -0.39 is 17.6 Å². The molecule has 0 spiro atoms. The molecule has 2 N–H and O–H groups in total.